The molecule has 9 aromatic rings. The van der Waals surface area contributed by atoms with Gasteiger partial charge < -0.3 is 41.2 Å². The number of benzene rings is 2. The Morgan fingerprint density at radius 3 is 2.17 bits per heavy atom. The van der Waals surface area contributed by atoms with Gasteiger partial charge in [-0.2, -0.15) is 0 Å². The predicted molar refractivity (Wildman–Crippen MR) is 306 cm³/mol. The minimum atomic E-state index is -1.28. The largest absolute Gasteiger partial charge is 0.465 e. The van der Waals surface area contributed by atoms with E-state index in [1.165, 1.54) is 79.5 Å². The molecule has 10 rings (SSSR count). The number of thiazole rings is 6. The molecule has 8 heterocycles. The molecule has 6 amide bonds. The summed E-state index contributed by atoms with van der Waals surface area (Å²) in [6.45, 7) is 1.07. The Morgan fingerprint density at radius 2 is 1.41 bits per heavy atom. The molecule has 3 atom stereocenters. The summed E-state index contributed by atoms with van der Waals surface area (Å²) < 4.78 is 10.1. The van der Waals surface area contributed by atoms with Crippen molar-refractivity contribution in [3.63, 3.8) is 0 Å². The third-order valence-electron chi connectivity index (χ3n) is 12.0. The first kappa shape index (κ1) is 55.9. The molecule has 0 unspecified atom stereocenters. The van der Waals surface area contributed by atoms with E-state index < -0.39 is 66.1 Å². The second-order valence-corrected chi connectivity index (χ2v) is 23.2. The van der Waals surface area contributed by atoms with Gasteiger partial charge in [-0.15, -0.1) is 56.7 Å². The van der Waals surface area contributed by atoms with Gasteiger partial charge in [-0.25, -0.2) is 39.7 Å². The zero-order chi connectivity index (χ0) is 56.9. The van der Waals surface area contributed by atoms with Gasteiger partial charge in [0.25, 0.3) is 23.6 Å². The molecule has 0 radical (unpaired) electrons. The number of ether oxygens (including phenoxy) is 2. The number of amides is 6. The third-order valence-corrected chi connectivity index (χ3v) is 17.6. The zero-order valence-electron chi connectivity index (χ0n) is 42.7. The number of aromatic nitrogens is 7. The maximum Gasteiger partial charge on any atom is 0.337 e. The molecular formula is C52H43N13O10S6. The number of aliphatic hydroxyl groups is 1. The van der Waals surface area contributed by atoms with Gasteiger partial charge in [-0.1, -0.05) is 41.7 Å². The maximum atomic E-state index is 14.2. The molecule has 23 nitrogen and oxygen atoms in total. The zero-order valence-corrected chi connectivity index (χ0v) is 47.6. The highest BCUT2D eigenvalue weighted by molar-refractivity contribution is 7.16. The van der Waals surface area contributed by atoms with Crippen molar-refractivity contribution < 1.29 is 48.1 Å². The molecule has 412 valence electrons. The molecule has 2 aromatic carbocycles. The number of rotatable bonds is 10. The number of hydrogen-bond acceptors (Lipinski definition) is 23. The van der Waals surface area contributed by atoms with E-state index in [0.29, 0.717) is 63.7 Å². The van der Waals surface area contributed by atoms with E-state index in [4.69, 9.17) is 29.4 Å². The monoisotopic (exact) mass is 1200 g/mol. The third kappa shape index (κ3) is 12.5. The van der Waals surface area contributed by atoms with Crippen LogP contribution in [0, 0.1) is 6.92 Å². The summed E-state index contributed by atoms with van der Waals surface area (Å²) in [4.78, 5) is 128. The number of aliphatic hydroxyl groups excluding tert-OH is 1. The van der Waals surface area contributed by atoms with Crippen LogP contribution in [0.2, 0.25) is 0 Å². The highest BCUT2D eigenvalue weighted by atomic mass is 32.1. The van der Waals surface area contributed by atoms with Crippen LogP contribution in [0.3, 0.4) is 0 Å². The standard InChI is InChI=1S/C52H43N13O10S6/c1-23-37-45(72)65-52-64-39(33(81-52)18-74-3)44(71)54-17-36(67)62-40(41(68)24-8-6-5-7-9-24)50-59-32(21-78-50)48-57-30(19-77-48)38-27(46-58-31(20-76-46)43(70)56-29(16-35(66)53-2)49(63-37)80-23)14-15-28(55-38)47-61-34(22-79-47)60-42(69)25-10-12-26(13-11-25)51(73)75-4/h5-15,19-22,29,40-41,68H,16-18H2,1-4H3,(H,53,66)(H,54,71)(H,56,70)(H,60,69)(H,62,67)(H,64,65,72)/t29-,40-,41-/m0/s1. The number of carbonyl (C=O) groups is 7. The average Bonchev–Trinajstić information content (AvgIpc) is 4.57. The minimum absolute atomic E-state index is 0.00959. The molecule has 1 aliphatic heterocycles. The smallest absolute Gasteiger partial charge is 0.337 e. The van der Waals surface area contributed by atoms with Gasteiger partial charge in [0.05, 0.1) is 48.9 Å². The van der Waals surface area contributed by atoms with Crippen molar-refractivity contribution in [2.24, 2.45) is 0 Å². The van der Waals surface area contributed by atoms with Gasteiger partial charge in [-0.05, 0) is 48.9 Å². The van der Waals surface area contributed by atoms with Crippen LogP contribution in [0.15, 0.2) is 88.3 Å². The van der Waals surface area contributed by atoms with Gasteiger partial charge in [0.2, 0.25) is 11.8 Å². The van der Waals surface area contributed by atoms with Gasteiger partial charge in [0, 0.05) is 51.7 Å². The number of nitrogens with zero attached hydrogens (tertiary/aromatic N) is 7. The lowest BCUT2D eigenvalue weighted by molar-refractivity contribution is -0.122. The number of nitrogens with one attached hydrogen (secondary N) is 6. The van der Waals surface area contributed by atoms with Crippen LogP contribution >= 0.6 is 68.0 Å². The van der Waals surface area contributed by atoms with E-state index in [1.54, 1.807) is 70.9 Å². The molecule has 0 saturated heterocycles. The molecule has 81 heavy (non-hydrogen) atoms. The maximum absolute atomic E-state index is 14.2. The molecule has 1 aliphatic rings. The first-order valence-corrected chi connectivity index (χ1v) is 29.3. The van der Waals surface area contributed by atoms with Crippen molar-refractivity contribution in [2.45, 2.75) is 38.1 Å². The second-order valence-electron chi connectivity index (χ2n) is 17.4. The number of fused-ring (bicyclic) bond motifs is 14. The predicted octanol–water partition coefficient (Wildman–Crippen LogP) is 7.48. The lowest BCUT2D eigenvalue weighted by Gasteiger charge is -2.23. The molecular weight excluding hydrogens is 1160 g/mol. The van der Waals surface area contributed by atoms with E-state index in [9.17, 15) is 38.7 Å². The quantitative estimate of drug-likeness (QED) is 0.0653. The Balaban J connectivity index is 1.03. The van der Waals surface area contributed by atoms with Crippen LogP contribution < -0.4 is 31.9 Å². The highest BCUT2D eigenvalue weighted by Gasteiger charge is 2.31. The first-order chi connectivity index (χ1) is 39.2. The highest BCUT2D eigenvalue weighted by Crippen LogP contribution is 2.40. The van der Waals surface area contributed by atoms with Crippen molar-refractivity contribution >= 4 is 120 Å². The van der Waals surface area contributed by atoms with E-state index in [1.807, 2.05) is 0 Å². The minimum Gasteiger partial charge on any atom is -0.465 e. The summed E-state index contributed by atoms with van der Waals surface area (Å²) in [5, 5.41) is 36.8. The van der Waals surface area contributed by atoms with Gasteiger partial charge in [0.1, 0.15) is 77.2 Å². The summed E-state index contributed by atoms with van der Waals surface area (Å²) in [6, 6.07) is 16.1. The van der Waals surface area contributed by atoms with E-state index >= 15 is 0 Å². The summed E-state index contributed by atoms with van der Waals surface area (Å²) in [7, 11) is 4.15. The Bertz CT molecular complexity index is 3870. The fourth-order valence-electron chi connectivity index (χ4n) is 8.04. The van der Waals surface area contributed by atoms with Crippen LogP contribution in [0.4, 0.5) is 10.9 Å². The second kappa shape index (κ2) is 24.5. The summed E-state index contributed by atoms with van der Waals surface area (Å²) in [6.07, 6.45) is -1.52. The number of hydrogen-bond donors (Lipinski definition) is 7. The van der Waals surface area contributed by atoms with Gasteiger partial charge in [0.15, 0.2) is 5.13 Å². The normalized spacial score (nSPS) is 15.2. The molecule has 0 saturated carbocycles. The van der Waals surface area contributed by atoms with E-state index in [2.05, 4.69) is 46.9 Å². The summed E-state index contributed by atoms with van der Waals surface area (Å²) >= 11 is 6.89. The summed E-state index contributed by atoms with van der Waals surface area (Å²) in [5.41, 5.74) is 3.01. The lowest BCUT2D eigenvalue weighted by Crippen LogP contribution is -2.40. The van der Waals surface area contributed by atoms with Crippen molar-refractivity contribution in [2.75, 3.05) is 38.4 Å². The molecule has 10 bridgehead atoms. The fourth-order valence-corrected chi connectivity index (χ4v) is 13.2. The number of carbonyl (C=O) groups excluding carboxylic acids is 7. The average molecular weight is 1200 g/mol. The molecule has 7 aromatic heterocycles. The first-order valence-electron chi connectivity index (χ1n) is 24.1. The number of methoxy groups -OCH3 is 2. The Hall–Kier alpha value is -8.42. The topological polar surface area (TPSA) is 321 Å². The molecule has 0 fully saturated rings. The SMILES string of the molecule is CNC(=O)C[C@@H]1NC(=O)c2csc(n2)-c2ccc(-c3nc(NC(=O)c4ccc(C(=O)OC)cc4)cs3)nc2-c2csc(n2)-c2csc(n2)[C@H]([C@@H](O)c2ccccc2)NC(=O)CNC(=O)c2nc(sc2COC)NC(=O)c2nc1sc2C. The van der Waals surface area contributed by atoms with Crippen LogP contribution in [-0.2, 0) is 25.7 Å². The molecule has 0 aliphatic carbocycles. The number of pyridine rings is 1. The van der Waals surface area contributed by atoms with Crippen LogP contribution in [-0.4, -0.2) is 109 Å². The molecule has 7 N–H and O–H groups in total. The lowest BCUT2D eigenvalue weighted by atomic mass is 10.0. The number of anilines is 2. The Morgan fingerprint density at radius 1 is 0.691 bits per heavy atom. The van der Waals surface area contributed by atoms with Crippen molar-refractivity contribution in [1.29, 1.82) is 0 Å². The number of esters is 1. The van der Waals surface area contributed by atoms with Crippen molar-refractivity contribution in [3.05, 3.63) is 142 Å². The van der Waals surface area contributed by atoms with Crippen molar-refractivity contribution in [1.82, 2.24) is 56.2 Å². The Labute approximate surface area is 483 Å². The van der Waals surface area contributed by atoms with Crippen LogP contribution in [0.5, 0.6) is 0 Å². The molecule has 29 heteroatoms. The van der Waals surface area contributed by atoms with Gasteiger partial charge >= 0.3 is 5.97 Å². The van der Waals surface area contributed by atoms with E-state index in [-0.39, 0.29) is 57.2 Å². The van der Waals surface area contributed by atoms with Crippen LogP contribution in [0.1, 0.15) is 102 Å². The number of aryl methyl sites for hydroxylation is 1. The Kier molecular flexibility index (Phi) is 16.9. The van der Waals surface area contributed by atoms with Crippen LogP contribution in [0.25, 0.3) is 43.4 Å². The van der Waals surface area contributed by atoms with E-state index in [0.717, 1.165) is 34.0 Å². The molecule has 0 spiro atoms. The van der Waals surface area contributed by atoms with Gasteiger partial charge in [-0.3, -0.25) is 34.1 Å². The van der Waals surface area contributed by atoms with Crippen molar-refractivity contribution in [3.8, 4) is 43.4 Å². The summed E-state index contributed by atoms with van der Waals surface area (Å²) in [5.74, 6) is -3.89. The fraction of sp³-hybridized carbons (Fsp3) is 0.192.